The van der Waals surface area contributed by atoms with E-state index in [0.29, 0.717) is 18.6 Å². The Morgan fingerprint density at radius 3 is 1.94 bits per heavy atom. The van der Waals surface area contributed by atoms with E-state index in [-0.39, 0.29) is 24.7 Å². The fraction of sp³-hybridized carbons (Fsp3) is 0.773. The summed E-state index contributed by atoms with van der Waals surface area (Å²) in [5.74, 6) is -3.86. The third-order valence-electron chi connectivity index (χ3n) is 5.36. The molecule has 0 saturated heterocycles. The van der Waals surface area contributed by atoms with Gasteiger partial charge < -0.3 is 31.9 Å². The van der Waals surface area contributed by atoms with Crippen LogP contribution in [-0.4, -0.2) is 76.0 Å². The Hall–Kier alpha value is -2.34. The molecule has 0 aliphatic rings. The summed E-state index contributed by atoms with van der Waals surface area (Å²) in [5, 5.41) is 25.8. The van der Waals surface area contributed by atoms with Gasteiger partial charge in [-0.15, -0.1) is 0 Å². The maximum atomic E-state index is 13.1. The Balaban J connectivity index is 5.50. The number of carboxylic acid groups (broad SMARTS) is 2. The van der Waals surface area contributed by atoms with Crippen LogP contribution in [0.15, 0.2) is 0 Å². The molecule has 34 heavy (non-hydrogen) atoms. The van der Waals surface area contributed by atoms with Crippen LogP contribution in [0.3, 0.4) is 0 Å². The number of nitrogens with two attached hydrogens (primary N) is 1. The van der Waals surface area contributed by atoms with Crippen LogP contribution in [0, 0.1) is 11.8 Å². The van der Waals surface area contributed by atoms with Crippen LogP contribution in [0.5, 0.6) is 0 Å². The van der Waals surface area contributed by atoms with Gasteiger partial charge in [-0.05, 0) is 43.1 Å². The molecule has 196 valence electrons. The quantitative estimate of drug-likeness (QED) is 0.164. The van der Waals surface area contributed by atoms with E-state index in [9.17, 15) is 29.1 Å². The van der Waals surface area contributed by atoms with E-state index in [1.807, 2.05) is 27.0 Å². The predicted octanol–water partition coefficient (Wildman–Crippen LogP) is 0.563. The minimum atomic E-state index is -1.41. The molecule has 3 amide bonds. The van der Waals surface area contributed by atoms with E-state index in [4.69, 9.17) is 10.8 Å². The average molecular weight is 505 g/mol. The first kappa shape index (κ1) is 31.7. The van der Waals surface area contributed by atoms with Gasteiger partial charge in [-0.25, -0.2) is 4.79 Å². The van der Waals surface area contributed by atoms with Crippen LogP contribution in [-0.2, 0) is 24.0 Å². The number of hydrogen-bond donors (Lipinski definition) is 6. The van der Waals surface area contributed by atoms with Crippen LogP contribution >= 0.6 is 11.8 Å². The molecule has 0 fully saturated rings. The van der Waals surface area contributed by atoms with Crippen molar-refractivity contribution in [1.82, 2.24) is 16.0 Å². The second-order valence-corrected chi connectivity index (χ2v) is 9.77. The maximum Gasteiger partial charge on any atom is 0.326 e. The van der Waals surface area contributed by atoms with Crippen molar-refractivity contribution in [3.8, 4) is 0 Å². The Bertz CT molecular complexity index is 705. The first-order valence-corrected chi connectivity index (χ1v) is 12.8. The summed E-state index contributed by atoms with van der Waals surface area (Å²) < 4.78 is 0. The number of thioether (sulfide) groups is 1. The minimum absolute atomic E-state index is 0.194. The van der Waals surface area contributed by atoms with Crippen LogP contribution in [0.1, 0.15) is 59.8 Å². The Labute approximate surface area is 205 Å². The van der Waals surface area contributed by atoms with Gasteiger partial charge in [-0.2, -0.15) is 11.8 Å². The average Bonchev–Trinajstić information content (AvgIpc) is 2.75. The Kier molecular flexibility index (Phi) is 15.2. The number of carbonyl (C=O) groups is 5. The van der Waals surface area contributed by atoms with Crippen molar-refractivity contribution in [1.29, 1.82) is 0 Å². The minimum Gasteiger partial charge on any atom is -0.481 e. The molecule has 12 heteroatoms. The highest BCUT2D eigenvalue weighted by atomic mass is 32.2. The molecule has 0 radical (unpaired) electrons. The van der Waals surface area contributed by atoms with Crippen LogP contribution in [0.4, 0.5) is 0 Å². The van der Waals surface area contributed by atoms with Crippen molar-refractivity contribution < 1.29 is 34.2 Å². The Morgan fingerprint density at radius 1 is 0.882 bits per heavy atom. The Morgan fingerprint density at radius 2 is 1.47 bits per heavy atom. The van der Waals surface area contributed by atoms with E-state index in [1.165, 1.54) is 11.8 Å². The van der Waals surface area contributed by atoms with Crippen LogP contribution in [0.2, 0.25) is 0 Å². The van der Waals surface area contributed by atoms with Gasteiger partial charge in [0.05, 0.1) is 6.04 Å². The van der Waals surface area contributed by atoms with Crippen molar-refractivity contribution >= 4 is 41.4 Å². The fourth-order valence-electron chi connectivity index (χ4n) is 3.14. The smallest absolute Gasteiger partial charge is 0.326 e. The zero-order chi connectivity index (χ0) is 26.4. The molecule has 0 saturated carbocycles. The normalized spacial score (nSPS) is 15.5. The number of hydrogen-bond acceptors (Lipinski definition) is 7. The molecular weight excluding hydrogens is 464 g/mol. The highest BCUT2D eigenvalue weighted by molar-refractivity contribution is 7.98. The summed E-state index contributed by atoms with van der Waals surface area (Å²) in [4.78, 5) is 60.7. The van der Waals surface area contributed by atoms with Crippen LogP contribution in [0.25, 0.3) is 0 Å². The maximum absolute atomic E-state index is 13.1. The number of aliphatic carboxylic acids is 2. The number of nitrogens with one attached hydrogen (secondary N) is 3. The summed E-state index contributed by atoms with van der Waals surface area (Å²) >= 11 is 1.44. The van der Waals surface area contributed by atoms with Crippen molar-refractivity contribution in [2.45, 2.75) is 84.0 Å². The predicted molar refractivity (Wildman–Crippen MR) is 130 cm³/mol. The highest BCUT2D eigenvalue weighted by Crippen LogP contribution is 2.11. The van der Waals surface area contributed by atoms with E-state index in [0.717, 1.165) is 0 Å². The summed E-state index contributed by atoms with van der Waals surface area (Å²) in [6.07, 6.45) is 2.35. The molecule has 0 aliphatic heterocycles. The molecule has 0 heterocycles. The van der Waals surface area contributed by atoms with Crippen molar-refractivity contribution in [2.24, 2.45) is 17.6 Å². The molecule has 0 aromatic rings. The standard InChI is InChI=1S/C22H40N4O7S/c1-6-13(4)18(26-19(29)14(23)11-12(2)3)21(31)24-15(9-10-34-5)20(30)25-16(22(32)33)7-8-17(27)28/h12-16,18H,6-11,23H2,1-5H3,(H,24,31)(H,25,30)(H,26,29)(H,27,28)(H,32,33). The second kappa shape index (κ2) is 16.3. The summed E-state index contributed by atoms with van der Waals surface area (Å²) in [6.45, 7) is 7.52. The lowest BCUT2D eigenvalue weighted by molar-refractivity contribution is -0.143. The topological polar surface area (TPSA) is 188 Å². The monoisotopic (exact) mass is 504 g/mol. The number of carboxylic acids is 2. The summed E-state index contributed by atoms with van der Waals surface area (Å²) in [5.41, 5.74) is 5.95. The molecule has 0 aromatic carbocycles. The van der Waals surface area contributed by atoms with E-state index in [1.54, 1.807) is 6.92 Å². The van der Waals surface area contributed by atoms with Gasteiger partial charge in [0.15, 0.2) is 0 Å². The molecular formula is C22H40N4O7S. The van der Waals surface area contributed by atoms with Gasteiger partial charge in [0, 0.05) is 6.42 Å². The SMILES string of the molecule is CCC(C)C(NC(=O)C(N)CC(C)C)C(=O)NC(CCSC)C(=O)NC(CCC(=O)O)C(=O)O. The largest absolute Gasteiger partial charge is 0.481 e. The second-order valence-electron chi connectivity index (χ2n) is 8.78. The summed E-state index contributed by atoms with van der Waals surface area (Å²) in [6, 6.07) is -4.17. The van der Waals surface area contributed by atoms with E-state index in [2.05, 4.69) is 16.0 Å². The van der Waals surface area contributed by atoms with Gasteiger partial charge in [0.1, 0.15) is 18.1 Å². The number of amides is 3. The molecule has 5 atom stereocenters. The zero-order valence-corrected chi connectivity index (χ0v) is 21.4. The van der Waals surface area contributed by atoms with Gasteiger partial charge in [-0.1, -0.05) is 34.1 Å². The van der Waals surface area contributed by atoms with Crippen LogP contribution < -0.4 is 21.7 Å². The van der Waals surface area contributed by atoms with E-state index >= 15 is 0 Å². The van der Waals surface area contributed by atoms with Crippen molar-refractivity contribution in [3.05, 3.63) is 0 Å². The lowest BCUT2D eigenvalue weighted by Gasteiger charge is -2.28. The third-order valence-corrected chi connectivity index (χ3v) is 6.00. The third kappa shape index (κ3) is 12.2. The number of rotatable bonds is 17. The highest BCUT2D eigenvalue weighted by Gasteiger charge is 2.32. The fourth-order valence-corrected chi connectivity index (χ4v) is 3.61. The molecule has 0 bridgehead atoms. The van der Waals surface area contributed by atoms with Crippen molar-refractivity contribution in [3.63, 3.8) is 0 Å². The van der Waals surface area contributed by atoms with E-state index < -0.39 is 60.2 Å². The van der Waals surface area contributed by atoms with Gasteiger partial charge in [0.2, 0.25) is 17.7 Å². The van der Waals surface area contributed by atoms with Gasteiger partial charge in [-0.3, -0.25) is 19.2 Å². The molecule has 0 aliphatic carbocycles. The molecule has 11 nitrogen and oxygen atoms in total. The molecule has 5 unspecified atom stereocenters. The van der Waals surface area contributed by atoms with Crippen molar-refractivity contribution in [2.75, 3.05) is 12.0 Å². The lowest BCUT2D eigenvalue weighted by Crippen LogP contribution is -2.58. The first-order valence-electron chi connectivity index (χ1n) is 11.4. The first-order chi connectivity index (χ1) is 15.8. The molecule has 0 aromatic heterocycles. The van der Waals surface area contributed by atoms with Gasteiger partial charge >= 0.3 is 11.9 Å². The number of carbonyl (C=O) groups excluding carboxylic acids is 3. The zero-order valence-electron chi connectivity index (χ0n) is 20.6. The van der Waals surface area contributed by atoms with Gasteiger partial charge in [0.25, 0.3) is 0 Å². The molecule has 7 N–H and O–H groups in total. The lowest BCUT2D eigenvalue weighted by atomic mass is 9.96. The molecule has 0 rings (SSSR count). The summed E-state index contributed by atoms with van der Waals surface area (Å²) in [7, 11) is 0. The molecule has 0 spiro atoms.